The minimum atomic E-state index is -0.429. The molecular weight excluding hydrogens is 330 g/mol. The maximum absolute atomic E-state index is 12.6. The molecule has 6 nitrogen and oxygen atoms in total. The number of allylic oxidation sites excluding steroid dienone is 2. The molecule has 6 heteroatoms. The molecular formula is C20H23N3O3. The molecule has 2 aliphatic rings. The fraction of sp³-hybridized carbons (Fsp3) is 0.450. The van der Waals surface area contributed by atoms with E-state index >= 15 is 0 Å². The number of nitrogens with one attached hydrogen (secondary N) is 1. The minimum absolute atomic E-state index is 0.00222. The molecule has 0 radical (unpaired) electrons. The third-order valence-corrected chi connectivity index (χ3v) is 5.75. The summed E-state index contributed by atoms with van der Waals surface area (Å²) in [6.07, 6.45) is 8.75. The number of benzene rings is 1. The van der Waals surface area contributed by atoms with E-state index in [9.17, 15) is 14.4 Å². The van der Waals surface area contributed by atoms with Gasteiger partial charge in [-0.05, 0) is 24.0 Å². The largest absolute Gasteiger partial charge is 0.347 e. The van der Waals surface area contributed by atoms with Crippen LogP contribution in [0.25, 0.3) is 0 Å². The average Bonchev–Trinajstić information content (AvgIpc) is 2.81. The summed E-state index contributed by atoms with van der Waals surface area (Å²) in [6.45, 7) is 0. The van der Waals surface area contributed by atoms with Crippen LogP contribution in [0.5, 0.6) is 0 Å². The second-order valence-electron chi connectivity index (χ2n) is 7.29. The van der Waals surface area contributed by atoms with Crippen molar-refractivity contribution in [2.75, 3.05) is 0 Å². The van der Waals surface area contributed by atoms with E-state index in [1.54, 1.807) is 0 Å². The first-order valence-electron chi connectivity index (χ1n) is 9.25. The summed E-state index contributed by atoms with van der Waals surface area (Å²) < 4.78 is 2.43. The molecule has 26 heavy (non-hydrogen) atoms. The standard InChI is InChI=1S/C20H23N3O3/c1-22-19(25)21-23(20(22)26)17-12-11-14(13-7-5-6-8-15(13)17)16-9-3-2-4-10-18(16)24/h5-8,11-12,14,16-17H,2-4,9-10H2,1H3,(H,21,25)/t14-,16-,17+/m0/s1. The molecule has 0 amide bonds. The van der Waals surface area contributed by atoms with Crippen molar-refractivity contribution in [3.05, 3.63) is 68.5 Å². The van der Waals surface area contributed by atoms with Crippen LogP contribution in [0, 0.1) is 5.92 Å². The Hall–Kier alpha value is -2.63. The molecule has 3 atom stereocenters. The third-order valence-electron chi connectivity index (χ3n) is 5.75. The van der Waals surface area contributed by atoms with Crippen LogP contribution in [0.2, 0.25) is 0 Å². The van der Waals surface area contributed by atoms with Crippen molar-refractivity contribution in [3.8, 4) is 0 Å². The maximum atomic E-state index is 12.6. The molecule has 2 aromatic rings. The van der Waals surface area contributed by atoms with Crippen molar-refractivity contribution < 1.29 is 4.79 Å². The molecule has 1 aromatic heterocycles. The van der Waals surface area contributed by atoms with Crippen molar-refractivity contribution in [2.45, 2.75) is 44.1 Å². The second kappa shape index (κ2) is 6.59. The van der Waals surface area contributed by atoms with Crippen molar-refractivity contribution in [1.82, 2.24) is 14.3 Å². The van der Waals surface area contributed by atoms with Crippen molar-refractivity contribution in [1.29, 1.82) is 0 Å². The number of aromatic nitrogens is 3. The van der Waals surface area contributed by atoms with Crippen LogP contribution in [0.1, 0.15) is 55.2 Å². The van der Waals surface area contributed by atoms with Gasteiger partial charge in [-0.25, -0.2) is 23.9 Å². The number of ketones is 1. The molecule has 1 saturated carbocycles. The summed E-state index contributed by atoms with van der Waals surface area (Å²) in [4.78, 5) is 36.8. The molecule has 1 fully saturated rings. The summed E-state index contributed by atoms with van der Waals surface area (Å²) in [6, 6.07) is 7.57. The van der Waals surface area contributed by atoms with Gasteiger partial charge in [-0.2, -0.15) is 0 Å². The fourth-order valence-corrected chi connectivity index (χ4v) is 4.32. The van der Waals surface area contributed by atoms with Gasteiger partial charge in [0, 0.05) is 25.3 Å². The minimum Gasteiger partial charge on any atom is -0.299 e. The first kappa shape index (κ1) is 16.8. The molecule has 0 aliphatic heterocycles. The van der Waals surface area contributed by atoms with Crippen LogP contribution in [0.15, 0.2) is 46.0 Å². The molecule has 2 aliphatic carbocycles. The zero-order chi connectivity index (χ0) is 18.3. The number of aromatic amines is 1. The van der Waals surface area contributed by atoms with E-state index < -0.39 is 5.69 Å². The molecule has 1 heterocycles. The third kappa shape index (κ3) is 2.69. The van der Waals surface area contributed by atoms with E-state index in [1.807, 2.05) is 30.3 Å². The summed E-state index contributed by atoms with van der Waals surface area (Å²) in [5.74, 6) is 0.386. The van der Waals surface area contributed by atoms with Gasteiger partial charge >= 0.3 is 11.4 Å². The van der Waals surface area contributed by atoms with E-state index in [1.165, 1.54) is 11.7 Å². The zero-order valence-electron chi connectivity index (χ0n) is 14.9. The molecule has 0 saturated heterocycles. The molecule has 0 bridgehead atoms. The Morgan fingerprint density at radius 3 is 2.50 bits per heavy atom. The van der Waals surface area contributed by atoms with Gasteiger partial charge in [0.15, 0.2) is 0 Å². The lowest BCUT2D eigenvalue weighted by Crippen LogP contribution is -2.31. The Balaban J connectivity index is 1.79. The van der Waals surface area contributed by atoms with Gasteiger partial charge in [-0.3, -0.25) is 4.79 Å². The normalized spacial score (nSPS) is 25.7. The molecule has 0 spiro atoms. The predicted molar refractivity (Wildman–Crippen MR) is 98.3 cm³/mol. The summed E-state index contributed by atoms with van der Waals surface area (Å²) in [7, 11) is 1.46. The molecule has 4 rings (SSSR count). The van der Waals surface area contributed by atoms with Gasteiger partial charge in [-0.1, -0.05) is 49.3 Å². The summed E-state index contributed by atoms with van der Waals surface area (Å²) in [5, 5.41) is 2.63. The number of Topliss-reactive ketones (excluding diaryl/α,β-unsaturated/α-hetero) is 1. The van der Waals surface area contributed by atoms with E-state index in [-0.39, 0.29) is 23.6 Å². The zero-order valence-corrected chi connectivity index (χ0v) is 14.9. The Kier molecular flexibility index (Phi) is 4.26. The van der Waals surface area contributed by atoms with Crippen LogP contribution < -0.4 is 11.4 Å². The van der Waals surface area contributed by atoms with E-state index in [2.05, 4.69) is 11.2 Å². The highest BCUT2D eigenvalue weighted by Gasteiger charge is 2.34. The van der Waals surface area contributed by atoms with Gasteiger partial charge < -0.3 is 0 Å². The molecule has 0 unspecified atom stereocenters. The van der Waals surface area contributed by atoms with Gasteiger partial charge in [0.25, 0.3) is 0 Å². The Labute approximate surface area is 151 Å². The molecule has 136 valence electrons. The highest BCUT2D eigenvalue weighted by Crippen LogP contribution is 2.41. The number of carbonyl (C=O) groups is 1. The maximum Gasteiger partial charge on any atom is 0.347 e. The lowest BCUT2D eigenvalue weighted by molar-refractivity contribution is -0.123. The quantitative estimate of drug-likeness (QED) is 0.665. The van der Waals surface area contributed by atoms with Crippen LogP contribution >= 0.6 is 0 Å². The highest BCUT2D eigenvalue weighted by atomic mass is 16.2. The van der Waals surface area contributed by atoms with E-state index in [4.69, 9.17) is 0 Å². The summed E-state index contributed by atoms with van der Waals surface area (Å²) in [5.41, 5.74) is 1.25. The Morgan fingerprint density at radius 1 is 1.00 bits per heavy atom. The summed E-state index contributed by atoms with van der Waals surface area (Å²) >= 11 is 0. The number of carbonyl (C=O) groups excluding carboxylic acids is 1. The number of nitrogens with zero attached hydrogens (tertiary/aromatic N) is 2. The Morgan fingerprint density at radius 2 is 1.77 bits per heavy atom. The average molecular weight is 353 g/mol. The monoisotopic (exact) mass is 353 g/mol. The topological polar surface area (TPSA) is 76.9 Å². The predicted octanol–water partition coefficient (Wildman–Crippen LogP) is 2.27. The van der Waals surface area contributed by atoms with Crippen LogP contribution in [0.4, 0.5) is 0 Å². The Bertz CT molecular complexity index is 979. The van der Waals surface area contributed by atoms with E-state index in [0.29, 0.717) is 12.2 Å². The van der Waals surface area contributed by atoms with E-state index in [0.717, 1.165) is 41.4 Å². The van der Waals surface area contributed by atoms with Crippen LogP contribution in [-0.4, -0.2) is 20.1 Å². The SMILES string of the molecule is Cn1c(=O)[nH]n([C@@H]2C=C[C@H]([C@@H]3CCCCCC3=O)c3ccccc32)c1=O. The van der Waals surface area contributed by atoms with Crippen molar-refractivity contribution in [2.24, 2.45) is 13.0 Å². The highest BCUT2D eigenvalue weighted by molar-refractivity contribution is 5.82. The lowest BCUT2D eigenvalue weighted by Gasteiger charge is -2.31. The second-order valence-corrected chi connectivity index (χ2v) is 7.29. The van der Waals surface area contributed by atoms with Crippen molar-refractivity contribution in [3.63, 3.8) is 0 Å². The smallest absolute Gasteiger partial charge is 0.299 e. The molecule has 1 N–H and O–H groups in total. The molecule has 1 aromatic carbocycles. The van der Waals surface area contributed by atoms with Crippen LogP contribution in [-0.2, 0) is 11.8 Å². The number of H-pyrrole nitrogens is 1. The van der Waals surface area contributed by atoms with Gasteiger partial charge in [0.1, 0.15) is 5.78 Å². The first-order chi connectivity index (χ1) is 12.6. The fourth-order valence-electron chi connectivity index (χ4n) is 4.32. The van der Waals surface area contributed by atoms with Gasteiger partial charge in [0.05, 0.1) is 6.04 Å². The number of rotatable bonds is 2. The number of fused-ring (bicyclic) bond motifs is 1. The van der Waals surface area contributed by atoms with Crippen molar-refractivity contribution >= 4 is 5.78 Å². The van der Waals surface area contributed by atoms with Gasteiger partial charge in [-0.15, -0.1) is 0 Å². The van der Waals surface area contributed by atoms with Gasteiger partial charge in [0.2, 0.25) is 0 Å². The number of hydrogen-bond acceptors (Lipinski definition) is 3. The number of hydrogen-bond donors (Lipinski definition) is 1. The first-order valence-corrected chi connectivity index (χ1v) is 9.25. The lowest BCUT2D eigenvalue weighted by atomic mass is 9.75. The van der Waals surface area contributed by atoms with Crippen LogP contribution in [0.3, 0.4) is 0 Å².